The fourth-order valence-electron chi connectivity index (χ4n) is 4.69. The highest BCUT2D eigenvalue weighted by atomic mass is 16.7. The average molecular weight is 346 g/mol. The lowest BCUT2D eigenvalue weighted by molar-refractivity contribution is -1.11. The molecule has 0 radical (unpaired) electrons. The van der Waals surface area contributed by atoms with Crippen molar-refractivity contribution < 1.29 is 28.5 Å². The predicted octanol–water partition coefficient (Wildman–Crippen LogP) is 1.97. The molecule has 5 atom stereocenters. The maximum absolute atomic E-state index is 12.6. The van der Waals surface area contributed by atoms with E-state index in [1.165, 1.54) is 12.5 Å². The van der Waals surface area contributed by atoms with Gasteiger partial charge >= 0.3 is 11.9 Å². The second kappa shape index (κ2) is 6.42. The lowest BCUT2D eigenvalue weighted by Crippen LogP contribution is -2.48. The number of cyclic esters (lactones) is 1. The molecule has 3 aliphatic heterocycles. The molecule has 6 heteroatoms. The standard InChI is InChI=1S/C19H24NO5/c1-13(21)24-16-9-11-23-19(22)17-15-8-5-10-20(15,25-18(16)17)12-14-6-3-2-4-7-14/h2-4,6-7,15-18H,5,8-12H2,1H3/q+1/t15-,16+,17-,18-,20?/m1/s1. The smallest absolute Gasteiger partial charge is 0.318 e. The molecule has 1 unspecified atom stereocenters. The SMILES string of the molecule is CC(=O)O[C@H]1CCOC(=O)[C@H]2[C@@H]1O[N+]1(Cc3ccccc3)CCC[C@H]21. The molecule has 0 amide bonds. The molecule has 0 bridgehead atoms. The number of rotatable bonds is 3. The molecule has 0 N–H and O–H groups in total. The summed E-state index contributed by atoms with van der Waals surface area (Å²) in [6.07, 6.45) is 1.59. The third kappa shape index (κ3) is 2.93. The van der Waals surface area contributed by atoms with Crippen LogP contribution < -0.4 is 0 Å². The van der Waals surface area contributed by atoms with Crippen LogP contribution in [0.3, 0.4) is 0 Å². The molecular weight excluding hydrogens is 322 g/mol. The molecule has 0 saturated carbocycles. The zero-order valence-electron chi connectivity index (χ0n) is 14.4. The normalized spacial score (nSPS) is 36.9. The van der Waals surface area contributed by atoms with Crippen LogP contribution >= 0.6 is 0 Å². The van der Waals surface area contributed by atoms with Gasteiger partial charge in [-0.1, -0.05) is 30.3 Å². The minimum Gasteiger partial charge on any atom is -0.465 e. The molecule has 3 aliphatic rings. The maximum Gasteiger partial charge on any atom is 0.318 e. The summed E-state index contributed by atoms with van der Waals surface area (Å²) in [6.45, 7) is 3.26. The number of esters is 2. The zero-order chi connectivity index (χ0) is 17.4. The Morgan fingerprint density at radius 1 is 1.28 bits per heavy atom. The van der Waals surface area contributed by atoms with Gasteiger partial charge in [-0.25, -0.2) is 0 Å². The van der Waals surface area contributed by atoms with Crippen molar-refractivity contribution in [2.75, 3.05) is 13.2 Å². The van der Waals surface area contributed by atoms with Crippen LogP contribution in [0.1, 0.15) is 31.7 Å². The minimum absolute atomic E-state index is 0.0638. The van der Waals surface area contributed by atoms with E-state index in [1.54, 1.807) is 0 Å². The molecule has 6 nitrogen and oxygen atoms in total. The lowest BCUT2D eigenvalue weighted by atomic mass is 9.89. The van der Waals surface area contributed by atoms with E-state index in [4.69, 9.17) is 14.3 Å². The van der Waals surface area contributed by atoms with Gasteiger partial charge in [0.05, 0.1) is 6.61 Å². The largest absolute Gasteiger partial charge is 0.465 e. The summed E-state index contributed by atoms with van der Waals surface area (Å²) < 4.78 is 11.3. The van der Waals surface area contributed by atoms with Crippen LogP contribution in [0, 0.1) is 5.92 Å². The molecular formula is C19H24NO5+. The van der Waals surface area contributed by atoms with Gasteiger partial charge in [0.15, 0.2) is 6.10 Å². The first-order valence-corrected chi connectivity index (χ1v) is 9.02. The Balaban J connectivity index is 1.65. The number of quaternary nitrogens is 1. The summed E-state index contributed by atoms with van der Waals surface area (Å²) in [4.78, 5) is 30.6. The van der Waals surface area contributed by atoms with E-state index in [0.717, 1.165) is 25.9 Å². The van der Waals surface area contributed by atoms with E-state index in [0.29, 0.717) is 11.1 Å². The van der Waals surface area contributed by atoms with Crippen molar-refractivity contribution in [2.45, 2.75) is 51.0 Å². The second-order valence-electron chi connectivity index (χ2n) is 7.23. The van der Waals surface area contributed by atoms with E-state index in [9.17, 15) is 9.59 Å². The molecule has 0 aromatic heterocycles. The number of hydroxylamine groups is 3. The number of benzene rings is 1. The van der Waals surface area contributed by atoms with Gasteiger partial charge in [0, 0.05) is 31.7 Å². The van der Waals surface area contributed by atoms with Crippen LogP contribution in [0.2, 0.25) is 0 Å². The van der Waals surface area contributed by atoms with E-state index >= 15 is 0 Å². The molecule has 0 spiro atoms. The third-order valence-corrected chi connectivity index (χ3v) is 5.64. The molecule has 1 aromatic rings. The van der Waals surface area contributed by atoms with Gasteiger partial charge < -0.3 is 9.47 Å². The van der Waals surface area contributed by atoms with Crippen molar-refractivity contribution in [3.8, 4) is 0 Å². The molecule has 3 fully saturated rings. The zero-order valence-corrected chi connectivity index (χ0v) is 14.4. The Morgan fingerprint density at radius 3 is 2.84 bits per heavy atom. The predicted molar refractivity (Wildman–Crippen MR) is 87.8 cm³/mol. The fraction of sp³-hybridized carbons (Fsp3) is 0.579. The molecule has 3 heterocycles. The number of nitrogens with zero attached hydrogens (tertiary/aromatic N) is 1. The average Bonchev–Trinajstić information content (AvgIpc) is 3.05. The summed E-state index contributed by atoms with van der Waals surface area (Å²) in [5.74, 6) is -0.916. The Kier molecular flexibility index (Phi) is 4.25. The van der Waals surface area contributed by atoms with Crippen molar-refractivity contribution in [2.24, 2.45) is 5.92 Å². The van der Waals surface area contributed by atoms with Crippen molar-refractivity contribution in [3.05, 3.63) is 35.9 Å². The van der Waals surface area contributed by atoms with Gasteiger partial charge in [0.25, 0.3) is 0 Å². The Labute approximate surface area is 147 Å². The van der Waals surface area contributed by atoms with E-state index in [-0.39, 0.29) is 30.5 Å². The van der Waals surface area contributed by atoms with Crippen molar-refractivity contribution in [1.82, 2.24) is 0 Å². The lowest BCUT2D eigenvalue weighted by Gasteiger charge is -2.32. The van der Waals surface area contributed by atoms with Crippen molar-refractivity contribution in [3.63, 3.8) is 0 Å². The summed E-state index contributed by atoms with van der Waals surface area (Å²) in [7, 11) is 0. The molecule has 4 rings (SSSR count). The molecule has 25 heavy (non-hydrogen) atoms. The Bertz CT molecular complexity index is 663. The number of hydrogen-bond acceptors (Lipinski definition) is 5. The summed E-state index contributed by atoms with van der Waals surface area (Å²) in [5.41, 5.74) is 1.18. The maximum atomic E-state index is 12.6. The van der Waals surface area contributed by atoms with Crippen LogP contribution in [0.5, 0.6) is 0 Å². The van der Waals surface area contributed by atoms with E-state index in [2.05, 4.69) is 12.1 Å². The first-order chi connectivity index (χ1) is 12.1. The number of fused-ring (bicyclic) bond motifs is 3. The number of ether oxygens (including phenoxy) is 2. The monoisotopic (exact) mass is 346 g/mol. The van der Waals surface area contributed by atoms with Gasteiger partial charge in [0.1, 0.15) is 31.2 Å². The van der Waals surface area contributed by atoms with E-state index < -0.39 is 12.2 Å². The van der Waals surface area contributed by atoms with Crippen molar-refractivity contribution >= 4 is 11.9 Å². The molecule has 0 aliphatic carbocycles. The summed E-state index contributed by atoms with van der Waals surface area (Å²) in [6, 6.07) is 10.3. The third-order valence-electron chi connectivity index (χ3n) is 5.64. The van der Waals surface area contributed by atoms with Crippen LogP contribution in [0.25, 0.3) is 0 Å². The Morgan fingerprint density at radius 2 is 2.08 bits per heavy atom. The van der Waals surface area contributed by atoms with Gasteiger partial charge in [-0.2, -0.15) is 9.48 Å². The van der Waals surface area contributed by atoms with Crippen molar-refractivity contribution in [1.29, 1.82) is 0 Å². The van der Waals surface area contributed by atoms with Crippen LogP contribution in [0.15, 0.2) is 30.3 Å². The van der Waals surface area contributed by atoms with Gasteiger partial charge in [-0.05, 0) is 0 Å². The number of hydrogen-bond donors (Lipinski definition) is 0. The first kappa shape index (κ1) is 16.5. The molecule has 134 valence electrons. The minimum atomic E-state index is -0.426. The highest BCUT2D eigenvalue weighted by molar-refractivity contribution is 5.75. The van der Waals surface area contributed by atoms with E-state index in [1.807, 2.05) is 18.2 Å². The van der Waals surface area contributed by atoms with Crippen LogP contribution in [0.4, 0.5) is 0 Å². The summed E-state index contributed by atoms with van der Waals surface area (Å²) in [5, 5.41) is 0. The number of carbonyl (C=O) groups excluding carboxylic acids is 2. The molecule has 3 saturated heterocycles. The first-order valence-electron chi connectivity index (χ1n) is 9.02. The van der Waals surface area contributed by atoms with Crippen LogP contribution in [-0.2, 0) is 30.4 Å². The van der Waals surface area contributed by atoms with Gasteiger partial charge in [-0.15, -0.1) is 0 Å². The topological polar surface area (TPSA) is 61.8 Å². The van der Waals surface area contributed by atoms with Gasteiger partial charge in [0.2, 0.25) is 0 Å². The fourth-order valence-corrected chi connectivity index (χ4v) is 4.69. The Hall–Kier alpha value is -1.92. The van der Waals surface area contributed by atoms with Gasteiger partial charge in [-0.3, -0.25) is 9.59 Å². The van der Waals surface area contributed by atoms with Crippen LogP contribution in [-0.4, -0.2) is 48.0 Å². The molecule has 1 aromatic carbocycles. The highest BCUT2D eigenvalue weighted by Gasteiger charge is 2.65. The highest BCUT2D eigenvalue weighted by Crippen LogP contribution is 2.46. The number of carbonyl (C=O) groups is 2. The second-order valence-corrected chi connectivity index (χ2v) is 7.23. The summed E-state index contributed by atoms with van der Waals surface area (Å²) >= 11 is 0. The quantitative estimate of drug-likeness (QED) is 0.619.